The highest BCUT2D eigenvalue weighted by atomic mass is 16.7. The Labute approximate surface area is 157 Å². The van der Waals surface area contributed by atoms with Crippen molar-refractivity contribution in [2.24, 2.45) is 0 Å². The Kier molecular flexibility index (Phi) is 4.24. The number of aromatic nitrogens is 2. The van der Waals surface area contributed by atoms with Crippen molar-refractivity contribution >= 4 is 5.91 Å². The van der Waals surface area contributed by atoms with Crippen molar-refractivity contribution in [1.29, 1.82) is 0 Å². The van der Waals surface area contributed by atoms with Gasteiger partial charge in [0.05, 0.1) is 18.8 Å². The van der Waals surface area contributed by atoms with Gasteiger partial charge in [-0.15, -0.1) is 0 Å². The summed E-state index contributed by atoms with van der Waals surface area (Å²) >= 11 is 0. The van der Waals surface area contributed by atoms with Crippen molar-refractivity contribution in [3.8, 4) is 11.5 Å². The smallest absolute Gasteiger partial charge is 0.272 e. The van der Waals surface area contributed by atoms with E-state index in [1.807, 2.05) is 28.9 Å². The molecular weight excluding hydrogens is 346 g/mol. The van der Waals surface area contributed by atoms with Gasteiger partial charge in [0.2, 0.25) is 6.79 Å². The first-order chi connectivity index (χ1) is 13.3. The lowest BCUT2D eigenvalue weighted by molar-refractivity contribution is -0.00128. The Hall–Kier alpha value is -2.54. The SMILES string of the molecule is O=C(NC1CCCCC1)c1cc2n(n1)CC(c1ccc3c(c1)OCO3)OC2. The molecule has 1 aromatic carbocycles. The van der Waals surface area contributed by atoms with Crippen LogP contribution >= 0.6 is 0 Å². The van der Waals surface area contributed by atoms with Crippen LogP contribution in [0.2, 0.25) is 0 Å². The number of hydrogen-bond acceptors (Lipinski definition) is 5. The van der Waals surface area contributed by atoms with Gasteiger partial charge in [-0.3, -0.25) is 9.48 Å². The number of rotatable bonds is 3. The first-order valence-electron chi connectivity index (χ1n) is 9.65. The van der Waals surface area contributed by atoms with E-state index < -0.39 is 0 Å². The Morgan fingerprint density at radius 2 is 1.96 bits per heavy atom. The van der Waals surface area contributed by atoms with Crippen LogP contribution in [-0.2, 0) is 17.9 Å². The van der Waals surface area contributed by atoms with Crippen molar-refractivity contribution in [1.82, 2.24) is 15.1 Å². The quantitative estimate of drug-likeness (QED) is 0.900. The second-order valence-corrected chi connectivity index (χ2v) is 7.42. The van der Waals surface area contributed by atoms with E-state index in [-0.39, 0.29) is 24.8 Å². The zero-order valence-corrected chi connectivity index (χ0v) is 15.1. The van der Waals surface area contributed by atoms with Gasteiger partial charge in [-0.2, -0.15) is 5.10 Å². The predicted molar refractivity (Wildman–Crippen MR) is 96.7 cm³/mol. The minimum Gasteiger partial charge on any atom is -0.454 e. The number of nitrogens with one attached hydrogen (secondary N) is 1. The molecule has 142 valence electrons. The molecule has 1 amide bonds. The summed E-state index contributed by atoms with van der Waals surface area (Å²) in [6, 6.07) is 7.97. The number of ether oxygens (including phenoxy) is 3. The summed E-state index contributed by atoms with van der Waals surface area (Å²) < 4.78 is 18.7. The van der Waals surface area contributed by atoms with Crippen LogP contribution in [0.1, 0.15) is 60.0 Å². The lowest BCUT2D eigenvalue weighted by Gasteiger charge is -2.24. The lowest BCUT2D eigenvalue weighted by atomic mass is 9.95. The van der Waals surface area contributed by atoms with Crippen LogP contribution in [0.3, 0.4) is 0 Å². The van der Waals surface area contributed by atoms with Gasteiger partial charge < -0.3 is 19.5 Å². The van der Waals surface area contributed by atoms with Crippen LogP contribution in [0.25, 0.3) is 0 Å². The molecule has 1 fully saturated rings. The Morgan fingerprint density at radius 3 is 2.85 bits per heavy atom. The molecule has 1 saturated carbocycles. The zero-order valence-electron chi connectivity index (χ0n) is 15.1. The van der Waals surface area contributed by atoms with Gasteiger partial charge in [0, 0.05) is 6.04 Å². The summed E-state index contributed by atoms with van der Waals surface area (Å²) in [5, 5.41) is 7.66. The summed E-state index contributed by atoms with van der Waals surface area (Å²) in [5.41, 5.74) is 2.43. The standard InChI is InChI=1S/C20H23N3O4/c24-20(21-14-4-2-1-3-5-14)16-9-15-11-25-19(10-23(15)22-16)13-6-7-17-18(8-13)27-12-26-17/h6-9,14,19H,1-5,10-12H2,(H,21,24). The summed E-state index contributed by atoms with van der Waals surface area (Å²) in [4.78, 5) is 12.6. The van der Waals surface area contributed by atoms with Gasteiger partial charge in [0.25, 0.3) is 5.91 Å². The Morgan fingerprint density at radius 1 is 1.11 bits per heavy atom. The molecule has 0 radical (unpaired) electrons. The largest absolute Gasteiger partial charge is 0.454 e. The summed E-state index contributed by atoms with van der Waals surface area (Å²) in [5.74, 6) is 1.43. The molecule has 2 aliphatic heterocycles. The maximum absolute atomic E-state index is 12.6. The minimum atomic E-state index is -0.124. The third kappa shape index (κ3) is 3.27. The Balaban J connectivity index is 1.29. The topological polar surface area (TPSA) is 74.6 Å². The highest BCUT2D eigenvalue weighted by Gasteiger charge is 2.26. The zero-order chi connectivity index (χ0) is 18.2. The molecule has 7 heteroatoms. The fourth-order valence-corrected chi connectivity index (χ4v) is 4.06. The van der Waals surface area contributed by atoms with Gasteiger partial charge in [-0.25, -0.2) is 0 Å². The highest BCUT2D eigenvalue weighted by molar-refractivity contribution is 5.92. The van der Waals surface area contributed by atoms with Gasteiger partial charge in [0.15, 0.2) is 17.2 Å². The molecular formula is C20H23N3O4. The van der Waals surface area contributed by atoms with E-state index in [0.717, 1.165) is 35.6 Å². The number of carbonyl (C=O) groups excluding carboxylic acids is 1. The molecule has 1 N–H and O–H groups in total. The van der Waals surface area contributed by atoms with E-state index in [2.05, 4.69) is 10.4 Å². The highest BCUT2D eigenvalue weighted by Crippen LogP contribution is 2.36. The molecule has 7 nitrogen and oxygen atoms in total. The number of fused-ring (bicyclic) bond motifs is 2. The van der Waals surface area contributed by atoms with Crippen LogP contribution in [0.15, 0.2) is 24.3 Å². The second-order valence-electron chi connectivity index (χ2n) is 7.42. The van der Waals surface area contributed by atoms with E-state index in [0.29, 0.717) is 18.8 Å². The number of carbonyl (C=O) groups is 1. The second kappa shape index (κ2) is 6.88. The fraction of sp³-hybridized carbons (Fsp3) is 0.500. The van der Waals surface area contributed by atoms with Crippen LogP contribution in [-0.4, -0.2) is 28.5 Å². The van der Waals surface area contributed by atoms with E-state index in [4.69, 9.17) is 14.2 Å². The maximum Gasteiger partial charge on any atom is 0.272 e. The minimum absolute atomic E-state index is 0.0802. The van der Waals surface area contributed by atoms with Gasteiger partial charge in [-0.1, -0.05) is 25.3 Å². The average Bonchev–Trinajstić information content (AvgIpc) is 3.34. The molecule has 1 unspecified atom stereocenters. The van der Waals surface area contributed by atoms with Crippen LogP contribution < -0.4 is 14.8 Å². The van der Waals surface area contributed by atoms with E-state index in [1.165, 1.54) is 19.3 Å². The molecule has 1 aliphatic carbocycles. The van der Waals surface area contributed by atoms with Gasteiger partial charge >= 0.3 is 0 Å². The molecule has 0 spiro atoms. The van der Waals surface area contributed by atoms with Crippen molar-refractivity contribution in [2.75, 3.05) is 6.79 Å². The number of nitrogens with zero attached hydrogens (tertiary/aromatic N) is 2. The predicted octanol–water partition coefficient (Wildman–Crippen LogP) is 2.95. The number of amides is 1. The van der Waals surface area contributed by atoms with E-state index in [9.17, 15) is 4.79 Å². The monoisotopic (exact) mass is 369 g/mol. The fourth-order valence-electron chi connectivity index (χ4n) is 4.06. The van der Waals surface area contributed by atoms with Crippen molar-refractivity contribution < 1.29 is 19.0 Å². The van der Waals surface area contributed by atoms with Crippen LogP contribution in [0.4, 0.5) is 0 Å². The molecule has 0 saturated heterocycles. The summed E-state index contributed by atoms with van der Waals surface area (Å²) in [7, 11) is 0. The normalized spacial score (nSPS) is 21.7. The molecule has 1 aromatic heterocycles. The van der Waals surface area contributed by atoms with Crippen LogP contribution in [0, 0.1) is 0 Å². The average molecular weight is 369 g/mol. The molecule has 3 heterocycles. The molecule has 3 aliphatic rings. The lowest BCUT2D eigenvalue weighted by Crippen LogP contribution is -2.36. The molecule has 27 heavy (non-hydrogen) atoms. The third-order valence-electron chi connectivity index (χ3n) is 5.58. The van der Waals surface area contributed by atoms with Crippen molar-refractivity contribution in [2.45, 2.75) is 57.4 Å². The van der Waals surface area contributed by atoms with E-state index in [1.54, 1.807) is 0 Å². The summed E-state index contributed by atoms with van der Waals surface area (Å²) in [6.45, 7) is 1.27. The maximum atomic E-state index is 12.6. The van der Waals surface area contributed by atoms with Crippen molar-refractivity contribution in [3.63, 3.8) is 0 Å². The number of benzene rings is 1. The van der Waals surface area contributed by atoms with Gasteiger partial charge in [-0.05, 0) is 36.6 Å². The first-order valence-corrected chi connectivity index (χ1v) is 9.65. The van der Waals surface area contributed by atoms with E-state index >= 15 is 0 Å². The molecule has 5 rings (SSSR count). The first kappa shape index (κ1) is 16.6. The third-order valence-corrected chi connectivity index (χ3v) is 5.58. The van der Waals surface area contributed by atoms with Crippen LogP contribution in [0.5, 0.6) is 11.5 Å². The van der Waals surface area contributed by atoms with Crippen molar-refractivity contribution in [3.05, 3.63) is 41.2 Å². The molecule has 1 atom stereocenters. The van der Waals surface area contributed by atoms with Gasteiger partial charge in [0.1, 0.15) is 6.10 Å². The Bertz CT molecular complexity index is 857. The number of hydrogen-bond donors (Lipinski definition) is 1. The summed E-state index contributed by atoms with van der Waals surface area (Å²) in [6.07, 6.45) is 5.65. The molecule has 2 aromatic rings. The molecule has 0 bridgehead atoms.